The fraction of sp³-hybridized carbons (Fsp3) is 0.0870. The number of thiazole rings is 1. The summed E-state index contributed by atoms with van der Waals surface area (Å²) in [5.74, 6) is -0.263. The zero-order valence-electron chi connectivity index (χ0n) is 17.1. The van der Waals surface area contributed by atoms with Gasteiger partial charge in [-0.25, -0.2) is 18.1 Å². The molecule has 4 aromatic rings. The van der Waals surface area contributed by atoms with E-state index in [2.05, 4.69) is 20.0 Å². The van der Waals surface area contributed by atoms with E-state index in [0.29, 0.717) is 11.3 Å². The summed E-state index contributed by atoms with van der Waals surface area (Å²) in [7, 11) is -3.67. The molecule has 0 aliphatic rings. The SMILES string of the molecule is Cc1nc(-c2ccc(S(=O)(=O)NCc3ccc(C(=O)Nc4cccnc4)cc3)cc2)cs1. The minimum Gasteiger partial charge on any atom is -0.321 e. The third kappa shape index (κ3) is 5.25. The van der Waals surface area contributed by atoms with Crippen molar-refractivity contribution in [3.63, 3.8) is 0 Å². The van der Waals surface area contributed by atoms with Gasteiger partial charge in [0, 0.05) is 29.2 Å². The molecule has 0 fully saturated rings. The molecule has 2 heterocycles. The number of nitrogens with zero attached hydrogens (tertiary/aromatic N) is 2. The molecule has 32 heavy (non-hydrogen) atoms. The lowest BCUT2D eigenvalue weighted by molar-refractivity contribution is 0.102. The van der Waals surface area contributed by atoms with Crippen LogP contribution in [0, 0.1) is 6.92 Å². The van der Waals surface area contributed by atoms with Gasteiger partial charge in [0.2, 0.25) is 10.0 Å². The largest absolute Gasteiger partial charge is 0.321 e. The number of nitrogens with one attached hydrogen (secondary N) is 2. The Morgan fingerprint density at radius 1 is 1.03 bits per heavy atom. The van der Waals surface area contributed by atoms with Crippen LogP contribution in [0.15, 0.2) is 83.3 Å². The monoisotopic (exact) mass is 464 g/mol. The molecule has 9 heteroatoms. The van der Waals surface area contributed by atoms with Crippen molar-refractivity contribution in [2.24, 2.45) is 0 Å². The molecule has 1 amide bonds. The number of pyridine rings is 1. The normalized spacial score (nSPS) is 11.3. The molecule has 0 aliphatic carbocycles. The van der Waals surface area contributed by atoms with E-state index in [1.54, 1.807) is 84.4 Å². The Morgan fingerprint density at radius 3 is 2.41 bits per heavy atom. The Kier molecular flexibility index (Phi) is 6.40. The quantitative estimate of drug-likeness (QED) is 0.426. The van der Waals surface area contributed by atoms with E-state index in [4.69, 9.17) is 0 Å². The highest BCUT2D eigenvalue weighted by molar-refractivity contribution is 7.89. The van der Waals surface area contributed by atoms with Gasteiger partial charge in [0.1, 0.15) is 0 Å². The number of sulfonamides is 1. The van der Waals surface area contributed by atoms with Crippen molar-refractivity contribution in [1.29, 1.82) is 0 Å². The van der Waals surface area contributed by atoms with E-state index in [-0.39, 0.29) is 17.3 Å². The number of benzene rings is 2. The van der Waals surface area contributed by atoms with E-state index in [9.17, 15) is 13.2 Å². The molecule has 0 radical (unpaired) electrons. The summed E-state index contributed by atoms with van der Waals surface area (Å²) < 4.78 is 27.9. The molecule has 2 aromatic carbocycles. The smallest absolute Gasteiger partial charge is 0.255 e. The van der Waals surface area contributed by atoms with Crippen LogP contribution in [-0.4, -0.2) is 24.3 Å². The summed E-state index contributed by atoms with van der Waals surface area (Å²) in [6, 6.07) is 16.9. The highest BCUT2D eigenvalue weighted by atomic mass is 32.2. The van der Waals surface area contributed by atoms with Gasteiger partial charge in [-0.15, -0.1) is 11.3 Å². The van der Waals surface area contributed by atoms with Crippen molar-refractivity contribution in [2.45, 2.75) is 18.4 Å². The summed E-state index contributed by atoms with van der Waals surface area (Å²) in [5.41, 5.74) is 3.50. The first-order valence-corrected chi connectivity index (χ1v) is 12.1. The number of amides is 1. The summed E-state index contributed by atoms with van der Waals surface area (Å²) in [5, 5.41) is 5.66. The Morgan fingerprint density at radius 2 is 1.78 bits per heavy atom. The van der Waals surface area contributed by atoms with Crippen LogP contribution in [-0.2, 0) is 16.6 Å². The molecule has 0 bridgehead atoms. The predicted molar refractivity (Wildman–Crippen MR) is 125 cm³/mol. The number of anilines is 1. The molecule has 2 aromatic heterocycles. The zero-order valence-corrected chi connectivity index (χ0v) is 18.8. The first-order valence-electron chi connectivity index (χ1n) is 9.73. The van der Waals surface area contributed by atoms with Gasteiger partial charge < -0.3 is 5.32 Å². The second-order valence-corrected chi connectivity index (χ2v) is 9.82. The van der Waals surface area contributed by atoms with Crippen molar-refractivity contribution in [3.8, 4) is 11.3 Å². The Labute approximate surface area is 190 Å². The first kappa shape index (κ1) is 21.8. The predicted octanol–water partition coefficient (Wildman–Crippen LogP) is 4.24. The van der Waals surface area contributed by atoms with E-state index in [1.165, 1.54) is 0 Å². The Hall–Kier alpha value is -3.40. The molecule has 7 nitrogen and oxygen atoms in total. The molecular formula is C23H20N4O3S2. The summed E-state index contributed by atoms with van der Waals surface area (Å²) in [4.78, 5) is 20.9. The number of hydrogen-bond donors (Lipinski definition) is 2. The van der Waals surface area contributed by atoms with Gasteiger partial charge in [-0.3, -0.25) is 9.78 Å². The second-order valence-electron chi connectivity index (χ2n) is 6.99. The maximum atomic E-state index is 12.6. The lowest BCUT2D eigenvalue weighted by Crippen LogP contribution is -2.23. The van der Waals surface area contributed by atoms with Crippen LogP contribution in [0.2, 0.25) is 0 Å². The van der Waals surface area contributed by atoms with E-state index < -0.39 is 10.0 Å². The van der Waals surface area contributed by atoms with Gasteiger partial charge >= 0.3 is 0 Å². The van der Waals surface area contributed by atoms with Crippen LogP contribution >= 0.6 is 11.3 Å². The van der Waals surface area contributed by atoms with E-state index in [1.807, 2.05) is 12.3 Å². The minimum absolute atomic E-state index is 0.111. The summed E-state index contributed by atoms with van der Waals surface area (Å²) in [6.45, 7) is 2.04. The highest BCUT2D eigenvalue weighted by Gasteiger charge is 2.14. The summed E-state index contributed by atoms with van der Waals surface area (Å²) in [6.07, 6.45) is 3.19. The molecule has 0 spiro atoms. The standard InChI is InChI=1S/C23H20N4O3S2/c1-16-26-22(15-31-16)18-8-10-21(11-9-18)32(29,30)25-13-17-4-6-19(7-5-17)23(28)27-20-3-2-12-24-14-20/h2-12,14-15,25H,13H2,1H3,(H,27,28). The van der Waals surface area contributed by atoms with Crippen molar-refractivity contribution in [3.05, 3.63) is 94.6 Å². The first-order chi connectivity index (χ1) is 15.4. The number of aromatic nitrogens is 2. The van der Waals surface area contributed by atoms with Gasteiger partial charge in [0.05, 0.1) is 27.5 Å². The van der Waals surface area contributed by atoms with Crippen LogP contribution in [0.25, 0.3) is 11.3 Å². The molecule has 0 unspecified atom stereocenters. The fourth-order valence-corrected chi connectivity index (χ4v) is 4.62. The number of aryl methyl sites for hydroxylation is 1. The van der Waals surface area contributed by atoms with E-state index >= 15 is 0 Å². The highest BCUT2D eigenvalue weighted by Crippen LogP contribution is 2.23. The molecule has 0 aliphatic heterocycles. The van der Waals surface area contributed by atoms with Gasteiger partial charge in [0.25, 0.3) is 5.91 Å². The van der Waals surface area contributed by atoms with Crippen molar-refractivity contribution >= 4 is 33.0 Å². The average Bonchev–Trinajstić information content (AvgIpc) is 3.25. The van der Waals surface area contributed by atoms with Crippen molar-refractivity contribution in [2.75, 3.05) is 5.32 Å². The van der Waals surface area contributed by atoms with Crippen LogP contribution in [0.5, 0.6) is 0 Å². The maximum Gasteiger partial charge on any atom is 0.255 e. The van der Waals surface area contributed by atoms with Gasteiger partial charge in [-0.05, 0) is 48.9 Å². The van der Waals surface area contributed by atoms with Crippen molar-refractivity contribution in [1.82, 2.24) is 14.7 Å². The molecule has 4 rings (SSSR count). The molecule has 0 saturated heterocycles. The van der Waals surface area contributed by atoms with Crippen LogP contribution in [0.1, 0.15) is 20.9 Å². The minimum atomic E-state index is -3.67. The number of hydrogen-bond acceptors (Lipinski definition) is 6. The molecule has 0 saturated carbocycles. The van der Waals surface area contributed by atoms with Crippen LogP contribution < -0.4 is 10.0 Å². The molecule has 0 atom stereocenters. The second kappa shape index (κ2) is 9.39. The fourth-order valence-electron chi connectivity index (χ4n) is 2.98. The van der Waals surface area contributed by atoms with Gasteiger partial charge in [-0.2, -0.15) is 0 Å². The average molecular weight is 465 g/mol. The van der Waals surface area contributed by atoms with Crippen molar-refractivity contribution < 1.29 is 13.2 Å². The maximum absolute atomic E-state index is 12.6. The number of carbonyl (C=O) groups is 1. The number of rotatable bonds is 7. The molecule has 2 N–H and O–H groups in total. The third-order valence-electron chi connectivity index (χ3n) is 4.68. The Bertz CT molecular complexity index is 1320. The van der Waals surface area contributed by atoms with Crippen LogP contribution in [0.3, 0.4) is 0 Å². The van der Waals surface area contributed by atoms with Gasteiger partial charge in [-0.1, -0.05) is 24.3 Å². The van der Waals surface area contributed by atoms with E-state index in [0.717, 1.165) is 21.8 Å². The number of carbonyl (C=O) groups excluding carboxylic acids is 1. The molecular weight excluding hydrogens is 444 g/mol. The lowest BCUT2D eigenvalue weighted by atomic mass is 10.1. The third-order valence-corrected chi connectivity index (χ3v) is 6.87. The summed E-state index contributed by atoms with van der Waals surface area (Å²) >= 11 is 1.55. The molecule has 162 valence electrons. The van der Waals surface area contributed by atoms with Crippen LogP contribution in [0.4, 0.5) is 5.69 Å². The Balaban J connectivity index is 1.37. The topological polar surface area (TPSA) is 101 Å². The lowest BCUT2D eigenvalue weighted by Gasteiger charge is -2.09. The van der Waals surface area contributed by atoms with Gasteiger partial charge in [0.15, 0.2) is 0 Å². The zero-order chi connectivity index (χ0) is 22.6.